The van der Waals surface area contributed by atoms with E-state index in [4.69, 9.17) is 4.74 Å². The zero-order chi connectivity index (χ0) is 17.4. The van der Waals surface area contributed by atoms with Crippen LogP contribution in [0.5, 0.6) is 0 Å². The number of carbonyl (C=O) groups is 2. The third-order valence-electron chi connectivity index (χ3n) is 4.45. The van der Waals surface area contributed by atoms with Crippen LogP contribution >= 0.6 is 0 Å². The molecule has 1 aromatic carbocycles. The highest BCUT2D eigenvalue weighted by Gasteiger charge is 2.21. The second kappa shape index (κ2) is 9.26. The monoisotopic (exact) mass is 329 g/mol. The van der Waals surface area contributed by atoms with Crippen LogP contribution in [0.4, 0.5) is 0 Å². The van der Waals surface area contributed by atoms with Crippen LogP contribution in [0.1, 0.15) is 56.6 Å². The maximum Gasteiger partial charge on any atom is 0.331 e. The summed E-state index contributed by atoms with van der Waals surface area (Å²) in [6.07, 6.45) is 9.12. The zero-order valence-corrected chi connectivity index (χ0v) is 14.6. The number of amides is 1. The van der Waals surface area contributed by atoms with Crippen LogP contribution in [0, 0.1) is 6.92 Å². The van der Waals surface area contributed by atoms with Crippen molar-refractivity contribution in [3.05, 3.63) is 41.5 Å². The van der Waals surface area contributed by atoms with Gasteiger partial charge in [0.15, 0.2) is 6.10 Å². The first kappa shape index (κ1) is 18.2. The van der Waals surface area contributed by atoms with Crippen LogP contribution in [0.15, 0.2) is 30.3 Å². The summed E-state index contributed by atoms with van der Waals surface area (Å²) in [6.45, 7) is 3.60. The molecule has 1 atom stereocenters. The van der Waals surface area contributed by atoms with Gasteiger partial charge in [-0.15, -0.1) is 0 Å². The number of nitrogens with one attached hydrogen (secondary N) is 1. The summed E-state index contributed by atoms with van der Waals surface area (Å²) in [4.78, 5) is 24.1. The molecule has 1 fully saturated rings. The van der Waals surface area contributed by atoms with Crippen LogP contribution < -0.4 is 5.32 Å². The van der Waals surface area contributed by atoms with Crippen LogP contribution in [0.2, 0.25) is 0 Å². The number of esters is 1. The van der Waals surface area contributed by atoms with Gasteiger partial charge < -0.3 is 10.1 Å². The van der Waals surface area contributed by atoms with Crippen LogP contribution in [-0.2, 0) is 14.3 Å². The lowest BCUT2D eigenvalue weighted by Gasteiger charge is -2.19. The Morgan fingerprint density at radius 1 is 1.17 bits per heavy atom. The van der Waals surface area contributed by atoms with Gasteiger partial charge in [0.25, 0.3) is 5.91 Å². The van der Waals surface area contributed by atoms with E-state index in [1.165, 1.54) is 18.9 Å². The molecule has 0 radical (unpaired) electrons. The largest absolute Gasteiger partial charge is 0.449 e. The van der Waals surface area contributed by atoms with Gasteiger partial charge >= 0.3 is 5.97 Å². The summed E-state index contributed by atoms with van der Waals surface area (Å²) in [6, 6.07) is 7.99. The van der Waals surface area contributed by atoms with Crippen molar-refractivity contribution in [2.75, 3.05) is 0 Å². The topological polar surface area (TPSA) is 55.4 Å². The van der Waals surface area contributed by atoms with E-state index in [-0.39, 0.29) is 11.9 Å². The predicted octanol–water partition coefficient (Wildman–Crippen LogP) is 3.78. The highest BCUT2D eigenvalue weighted by atomic mass is 16.5. The highest BCUT2D eigenvalue weighted by molar-refractivity contribution is 5.90. The molecule has 0 spiro atoms. The van der Waals surface area contributed by atoms with E-state index in [9.17, 15) is 9.59 Å². The Morgan fingerprint density at radius 2 is 1.83 bits per heavy atom. The Bertz CT molecular complexity index is 586. The van der Waals surface area contributed by atoms with Gasteiger partial charge in [0, 0.05) is 12.1 Å². The second-order valence-corrected chi connectivity index (χ2v) is 6.47. The van der Waals surface area contributed by atoms with E-state index in [0.717, 1.165) is 36.8 Å². The van der Waals surface area contributed by atoms with Gasteiger partial charge in [-0.25, -0.2) is 4.79 Å². The molecule has 1 saturated carbocycles. The Kier molecular flexibility index (Phi) is 7.04. The average molecular weight is 329 g/mol. The van der Waals surface area contributed by atoms with Crippen molar-refractivity contribution >= 4 is 18.0 Å². The maximum absolute atomic E-state index is 12.2. The van der Waals surface area contributed by atoms with Gasteiger partial charge in [0.2, 0.25) is 0 Å². The molecule has 1 amide bonds. The summed E-state index contributed by atoms with van der Waals surface area (Å²) in [5.74, 6) is -0.707. The van der Waals surface area contributed by atoms with Crippen molar-refractivity contribution < 1.29 is 14.3 Å². The molecule has 130 valence electrons. The first-order valence-corrected chi connectivity index (χ1v) is 8.81. The lowest BCUT2D eigenvalue weighted by Crippen LogP contribution is -2.41. The molecule has 0 bridgehead atoms. The van der Waals surface area contributed by atoms with Gasteiger partial charge in [-0.2, -0.15) is 0 Å². The third kappa shape index (κ3) is 5.84. The fraction of sp³-hybridized carbons (Fsp3) is 0.500. The van der Waals surface area contributed by atoms with Gasteiger partial charge in [0.1, 0.15) is 0 Å². The van der Waals surface area contributed by atoms with Gasteiger partial charge in [-0.1, -0.05) is 49.9 Å². The van der Waals surface area contributed by atoms with Crippen molar-refractivity contribution in [1.29, 1.82) is 0 Å². The summed E-state index contributed by atoms with van der Waals surface area (Å²) in [5.41, 5.74) is 2.05. The van der Waals surface area contributed by atoms with E-state index in [1.807, 2.05) is 31.2 Å². The minimum atomic E-state index is -0.776. The first-order valence-electron chi connectivity index (χ1n) is 8.81. The van der Waals surface area contributed by atoms with Crippen molar-refractivity contribution in [2.45, 2.75) is 64.5 Å². The van der Waals surface area contributed by atoms with Crippen molar-refractivity contribution in [1.82, 2.24) is 5.32 Å². The molecule has 24 heavy (non-hydrogen) atoms. The van der Waals surface area contributed by atoms with Crippen LogP contribution in [0.3, 0.4) is 0 Å². The Balaban J connectivity index is 1.82. The smallest absolute Gasteiger partial charge is 0.331 e. The molecule has 0 aliphatic heterocycles. The van der Waals surface area contributed by atoms with E-state index in [2.05, 4.69) is 5.32 Å². The molecule has 1 N–H and O–H groups in total. The maximum atomic E-state index is 12.2. The van der Waals surface area contributed by atoms with Gasteiger partial charge in [0.05, 0.1) is 0 Å². The van der Waals surface area contributed by atoms with Crippen LogP contribution in [-0.4, -0.2) is 24.0 Å². The molecule has 0 saturated heterocycles. The predicted molar refractivity (Wildman–Crippen MR) is 95.4 cm³/mol. The number of hydrogen-bond donors (Lipinski definition) is 1. The Morgan fingerprint density at radius 3 is 2.50 bits per heavy atom. The lowest BCUT2D eigenvalue weighted by atomic mass is 10.1. The number of rotatable bonds is 5. The summed E-state index contributed by atoms with van der Waals surface area (Å²) in [5, 5.41) is 3.01. The summed E-state index contributed by atoms with van der Waals surface area (Å²) < 4.78 is 5.21. The molecule has 1 aromatic rings. The molecular formula is C20H27NO3. The quantitative estimate of drug-likeness (QED) is 0.508. The molecule has 2 rings (SSSR count). The van der Waals surface area contributed by atoms with E-state index in [1.54, 1.807) is 13.0 Å². The zero-order valence-electron chi connectivity index (χ0n) is 14.6. The number of benzene rings is 1. The third-order valence-corrected chi connectivity index (χ3v) is 4.45. The highest BCUT2D eigenvalue weighted by Crippen LogP contribution is 2.17. The fourth-order valence-corrected chi connectivity index (χ4v) is 2.94. The number of ether oxygens (including phenoxy) is 1. The number of hydrogen-bond acceptors (Lipinski definition) is 3. The normalized spacial score (nSPS) is 17.2. The summed E-state index contributed by atoms with van der Waals surface area (Å²) >= 11 is 0. The molecule has 4 heteroatoms. The minimum absolute atomic E-state index is 0.209. The Labute approximate surface area is 144 Å². The van der Waals surface area contributed by atoms with Gasteiger partial charge in [-0.3, -0.25) is 4.79 Å². The van der Waals surface area contributed by atoms with Crippen molar-refractivity contribution in [3.8, 4) is 0 Å². The summed E-state index contributed by atoms with van der Waals surface area (Å²) in [7, 11) is 0. The number of carbonyl (C=O) groups excluding carboxylic acids is 2. The molecule has 0 aromatic heterocycles. The Hall–Kier alpha value is -2.10. The SMILES string of the molecule is Cc1ccccc1/C=C/C(=O)O[C@@H](C)C(=O)NC1CCCCCC1. The van der Waals surface area contributed by atoms with E-state index >= 15 is 0 Å². The molecule has 0 heterocycles. The standard InChI is InChI=1S/C20H27NO3/c1-15-9-7-8-10-17(15)13-14-19(22)24-16(2)20(23)21-18-11-5-3-4-6-12-18/h7-10,13-14,16,18H,3-6,11-12H2,1-2H3,(H,21,23)/b14-13+/t16-/m0/s1. The molecular weight excluding hydrogens is 302 g/mol. The minimum Gasteiger partial charge on any atom is -0.449 e. The van der Waals surface area contributed by atoms with Crippen molar-refractivity contribution in [2.24, 2.45) is 0 Å². The fourth-order valence-electron chi connectivity index (χ4n) is 2.94. The van der Waals surface area contributed by atoms with E-state index in [0.29, 0.717) is 0 Å². The van der Waals surface area contributed by atoms with Crippen molar-refractivity contribution in [3.63, 3.8) is 0 Å². The van der Waals surface area contributed by atoms with Gasteiger partial charge in [-0.05, 0) is 43.9 Å². The average Bonchev–Trinajstić information content (AvgIpc) is 2.82. The van der Waals surface area contributed by atoms with E-state index < -0.39 is 12.1 Å². The molecule has 4 nitrogen and oxygen atoms in total. The first-order chi connectivity index (χ1) is 11.6. The molecule has 1 aliphatic carbocycles. The molecule has 0 unspecified atom stereocenters. The number of aryl methyl sites for hydroxylation is 1. The molecule has 1 aliphatic rings. The second-order valence-electron chi connectivity index (χ2n) is 6.47. The lowest BCUT2D eigenvalue weighted by molar-refractivity contribution is -0.150. The van der Waals surface area contributed by atoms with Crippen LogP contribution in [0.25, 0.3) is 6.08 Å².